The quantitative estimate of drug-likeness (QED) is 0.0244. The van der Waals surface area contributed by atoms with Gasteiger partial charge in [-0.2, -0.15) is 79.0 Å². The van der Waals surface area contributed by atoms with Crippen molar-refractivity contribution in [2.24, 2.45) is 0 Å². The molecule has 522 valence electrons. The average molecular weight is 1330 g/mol. The van der Waals surface area contributed by atoms with Crippen LogP contribution < -0.4 is 14.0 Å². The molecule has 0 fully saturated rings. The Labute approximate surface area is 529 Å². The summed E-state index contributed by atoms with van der Waals surface area (Å²) in [6.07, 6.45) is -3.52. The van der Waals surface area contributed by atoms with E-state index in [1.165, 1.54) is 44.9 Å². The van der Waals surface area contributed by atoms with E-state index in [2.05, 4.69) is 6.92 Å². The summed E-state index contributed by atoms with van der Waals surface area (Å²) in [4.78, 5) is 0. The molecule has 0 N–H and O–H groups in total. The first-order chi connectivity index (χ1) is 42.8. The number of alkyl halides is 18. The van der Waals surface area contributed by atoms with Crippen molar-refractivity contribution < 1.29 is 97.5 Å². The summed E-state index contributed by atoms with van der Waals surface area (Å²) in [5.74, 6) is -4.45. The summed E-state index contributed by atoms with van der Waals surface area (Å²) < 4.78 is 283. The zero-order valence-corrected chi connectivity index (χ0v) is 53.8. The van der Waals surface area contributed by atoms with E-state index in [0.29, 0.717) is 51.4 Å². The lowest BCUT2D eigenvalue weighted by Gasteiger charge is -2.47. The number of quaternary nitrogens is 1. The van der Waals surface area contributed by atoms with E-state index in [-0.39, 0.29) is 85.5 Å². The van der Waals surface area contributed by atoms with Gasteiger partial charge in [-0.25, -0.2) is 0 Å². The Balaban J connectivity index is 2.44. The lowest BCUT2D eigenvalue weighted by atomic mass is 9.87. The van der Waals surface area contributed by atoms with E-state index in [0.717, 1.165) is 122 Å². The smallest absolute Gasteiger partial charge is 0.490 e. The minimum Gasteiger partial charge on any atom is -0.490 e. The first kappa shape index (κ1) is 81.1. The van der Waals surface area contributed by atoms with Crippen LogP contribution in [0.2, 0.25) is 0 Å². The number of unbranched alkanes of at least 4 members (excludes halogenated alkanes) is 31. The molecular weight excluding hydrogens is 1230 g/mol. The Morgan fingerprint density at radius 2 is 0.549 bits per heavy atom. The van der Waals surface area contributed by atoms with Gasteiger partial charge in [0.1, 0.15) is 23.3 Å². The standard InChI is InChI=1S/C68H99BF18NO3/c1-5-9-13-17-21-22-23-24-25-26-27-28-29-30-31-32-36-40-60(88(41-37-33-18-14-10-6-2,42-38-34-19-15-11-7-3)43-39-35-20-16-12-8-4)62-59(68(85,86)87)50-56(67(82,83)84)51-61(62)91-69(89-57-46-52(63(70,71)72)44-53(47-57)64(73,74)75)90-58-48-54(65(76,77)78)45-55(49-58)66(79,80)81/h44-51,60H,5-43H2,1-4H3/q+1. The molecule has 1 atom stereocenters. The van der Waals surface area contributed by atoms with Crippen LogP contribution in [0.5, 0.6) is 17.2 Å². The highest BCUT2D eigenvalue weighted by Crippen LogP contribution is 2.50. The molecule has 23 heteroatoms. The van der Waals surface area contributed by atoms with Gasteiger partial charge in [0.15, 0.2) is 0 Å². The molecule has 91 heavy (non-hydrogen) atoms. The molecule has 0 radical (unpaired) electrons. The minimum atomic E-state index is -5.67. The van der Waals surface area contributed by atoms with Crippen LogP contribution in [-0.4, -0.2) is 31.4 Å². The van der Waals surface area contributed by atoms with Crippen molar-refractivity contribution in [2.45, 2.75) is 302 Å². The van der Waals surface area contributed by atoms with Crippen LogP contribution in [0.3, 0.4) is 0 Å². The molecule has 0 saturated heterocycles. The first-order valence-electron chi connectivity index (χ1n) is 33.6. The molecule has 0 heterocycles. The Morgan fingerprint density at radius 1 is 0.297 bits per heavy atom. The lowest BCUT2D eigenvalue weighted by Crippen LogP contribution is -2.53. The van der Waals surface area contributed by atoms with Gasteiger partial charge in [0, 0.05) is 6.42 Å². The fourth-order valence-electron chi connectivity index (χ4n) is 12.0. The molecule has 0 spiro atoms. The molecule has 0 aromatic heterocycles. The molecule has 4 nitrogen and oxygen atoms in total. The van der Waals surface area contributed by atoms with Gasteiger partial charge in [-0.05, 0) is 93.5 Å². The Kier molecular flexibility index (Phi) is 35.9. The minimum absolute atomic E-state index is 0.0826. The van der Waals surface area contributed by atoms with E-state index < -0.39 is 107 Å². The molecule has 0 aliphatic carbocycles. The Hall–Kier alpha value is -4.18. The molecule has 0 saturated carbocycles. The van der Waals surface area contributed by atoms with Gasteiger partial charge in [-0.1, -0.05) is 207 Å². The lowest BCUT2D eigenvalue weighted by molar-refractivity contribution is -0.958. The van der Waals surface area contributed by atoms with Crippen molar-refractivity contribution in [3.8, 4) is 17.2 Å². The van der Waals surface area contributed by atoms with Gasteiger partial charge in [-0.15, -0.1) is 0 Å². The number of benzene rings is 3. The van der Waals surface area contributed by atoms with Gasteiger partial charge in [0.05, 0.1) is 58.6 Å². The average Bonchev–Trinajstić information content (AvgIpc) is 0.774. The highest BCUT2D eigenvalue weighted by Gasteiger charge is 2.49. The normalized spacial score (nSPS) is 13.3. The van der Waals surface area contributed by atoms with Gasteiger partial charge in [0.2, 0.25) is 0 Å². The zero-order chi connectivity index (χ0) is 67.8. The van der Waals surface area contributed by atoms with E-state index in [4.69, 9.17) is 14.0 Å². The second-order valence-corrected chi connectivity index (χ2v) is 24.7. The zero-order valence-electron chi connectivity index (χ0n) is 53.8. The molecule has 0 bridgehead atoms. The van der Waals surface area contributed by atoms with Crippen LogP contribution >= 0.6 is 0 Å². The van der Waals surface area contributed by atoms with Crippen LogP contribution in [0.4, 0.5) is 79.0 Å². The van der Waals surface area contributed by atoms with Crippen molar-refractivity contribution in [2.75, 3.05) is 19.6 Å². The topological polar surface area (TPSA) is 27.7 Å². The molecule has 0 aliphatic heterocycles. The van der Waals surface area contributed by atoms with Crippen LogP contribution in [0.1, 0.15) is 304 Å². The predicted octanol–water partition coefficient (Wildman–Crippen LogP) is 26.3. The fraction of sp³-hybridized carbons (Fsp3) is 0.735. The van der Waals surface area contributed by atoms with Crippen LogP contribution in [-0.2, 0) is 37.1 Å². The molecule has 3 aromatic rings. The highest BCUT2D eigenvalue weighted by molar-refractivity contribution is 6.39. The monoisotopic (exact) mass is 1330 g/mol. The number of hydrogen-bond acceptors (Lipinski definition) is 3. The maximum Gasteiger partial charge on any atom is 0.864 e. The maximum atomic E-state index is 16.3. The van der Waals surface area contributed by atoms with Crippen molar-refractivity contribution in [1.29, 1.82) is 0 Å². The van der Waals surface area contributed by atoms with Crippen molar-refractivity contribution in [1.82, 2.24) is 0 Å². The molecule has 0 aliphatic rings. The predicted molar refractivity (Wildman–Crippen MR) is 323 cm³/mol. The van der Waals surface area contributed by atoms with E-state index in [1.807, 2.05) is 20.8 Å². The third-order valence-corrected chi connectivity index (χ3v) is 17.0. The van der Waals surface area contributed by atoms with Gasteiger partial charge < -0.3 is 18.4 Å². The van der Waals surface area contributed by atoms with Gasteiger partial charge >= 0.3 is 44.4 Å². The van der Waals surface area contributed by atoms with Crippen molar-refractivity contribution >= 4 is 7.32 Å². The number of nitrogens with zero attached hydrogens (tertiary/aromatic N) is 1. The molecule has 1 unspecified atom stereocenters. The summed E-state index contributed by atoms with van der Waals surface area (Å²) >= 11 is 0. The number of halogens is 18. The van der Waals surface area contributed by atoms with Crippen LogP contribution in [0.25, 0.3) is 0 Å². The second-order valence-electron chi connectivity index (χ2n) is 24.7. The molecule has 3 rings (SSSR count). The number of rotatable bonds is 47. The molecule has 3 aromatic carbocycles. The third kappa shape index (κ3) is 30.8. The maximum absolute atomic E-state index is 16.3. The third-order valence-electron chi connectivity index (χ3n) is 17.0. The fourth-order valence-corrected chi connectivity index (χ4v) is 12.0. The summed E-state index contributed by atoms with van der Waals surface area (Å²) in [6, 6.07) is -2.45. The van der Waals surface area contributed by atoms with E-state index in [9.17, 15) is 52.7 Å². The highest BCUT2D eigenvalue weighted by atomic mass is 19.4. The summed E-state index contributed by atoms with van der Waals surface area (Å²) in [7, 11) is -3.28. The molecule has 0 amide bonds. The number of hydrogen-bond donors (Lipinski definition) is 0. The summed E-state index contributed by atoms with van der Waals surface area (Å²) in [6.45, 7) is 8.88. The van der Waals surface area contributed by atoms with Crippen molar-refractivity contribution in [3.05, 3.63) is 87.5 Å². The largest absolute Gasteiger partial charge is 0.864 e. The van der Waals surface area contributed by atoms with Crippen LogP contribution in [0.15, 0.2) is 48.5 Å². The molecular formula is C68H99BF18NO3+. The second kappa shape index (κ2) is 40.3. The summed E-state index contributed by atoms with van der Waals surface area (Å²) in [5.41, 5.74) is -13.1. The van der Waals surface area contributed by atoms with Crippen LogP contribution in [0, 0.1) is 0 Å². The SMILES string of the molecule is CCCCCCCCCCCCCCCCCCCC(c1c(OB(Oc2cc(C(F)(F)F)cc(C(F)(F)F)c2)Oc2cc(C(F)(F)F)cc(C(F)(F)F)c2)cc(C(F)(F)F)cc1C(F)(F)F)[N+](CCCCCCCC)(CCCCCCCC)CCCCCCCC. The summed E-state index contributed by atoms with van der Waals surface area (Å²) in [5, 5.41) is 0. The van der Waals surface area contributed by atoms with Crippen molar-refractivity contribution in [3.63, 3.8) is 0 Å². The van der Waals surface area contributed by atoms with Gasteiger partial charge in [0.25, 0.3) is 0 Å². The first-order valence-corrected chi connectivity index (χ1v) is 33.6. The Morgan fingerprint density at radius 3 is 0.813 bits per heavy atom. The van der Waals surface area contributed by atoms with Gasteiger partial charge in [-0.3, -0.25) is 0 Å². The van der Waals surface area contributed by atoms with E-state index in [1.54, 1.807) is 0 Å². The van der Waals surface area contributed by atoms with E-state index >= 15 is 26.3 Å². The Bertz CT molecular complexity index is 2270.